The van der Waals surface area contributed by atoms with Crippen LogP contribution >= 0.6 is 0 Å². The number of fused-ring (bicyclic) bond motifs is 1. The summed E-state index contributed by atoms with van der Waals surface area (Å²) in [5.41, 5.74) is 2.61. The van der Waals surface area contributed by atoms with Crippen LogP contribution < -0.4 is 10.9 Å². The number of nitrogens with one attached hydrogen (secondary N) is 2. The van der Waals surface area contributed by atoms with E-state index in [4.69, 9.17) is 0 Å². The van der Waals surface area contributed by atoms with Crippen LogP contribution in [0.25, 0.3) is 10.9 Å². The maximum Gasteiger partial charge on any atom is 0.316 e. The van der Waals surface area contributed by atoms with Gasteiger partial charge in [-0.3, -0.25) is 4.79 Å². The third-order valence-electron chi connectivity index (χ3n) is 3.19. The number of nitrogens with zero attached hydrogens (tertiary/aromatic N) is 1. The van der Waals surface area contributed by atoms with Crippen molar-refractivity contribution >= 4 is 16.9 Å². The number of hydrogen-bond donors (Lipinski definition) is 2. The summed E-state index contributed by atoms with van der Waals surface area (Å²) >= 11 is 0. The van der Waals surface area contributed by atoms with Gasteiger partial charge < -0.3 is 15.2 Å². The van der Waals surface area contributed by atoms with Gasteiger partial charge in [-0.2, -0.15) is 0 Å². The van der Waals surface area contributed by atoms with E-state index in [1.54, 1.807) is 21.0 Å². The number of hydrogen-bond acceptors (Lipinski definition) is 2. The maximum atomic E-state index is 11.5. The molecule has 0 saturated heterocycles. The zero-order valence-electron chi connectivity index (χ0n) is 12.0. The Kier molecular flexibility index (Phi) is 4.08. The Morgan fingerprint density at radius 3 is 2.75 bits per heavy atom. The van der Waals surface area contributed by atoms with Crippen LogP contribution in [0.5, 0.6) is 0 Å². The largest absolute Gasteiger partial charge is 0.338 e. The van der Waals surface area contributed by atoms with E-state index < -0.39 is 0 Å². The van der Waals surface area contributed by atoms with Gasteiger partial charge in [-0.15, -0.1) is 0 Å². The minimum absolute atomic E-state index is 0.0523. The highest BCUT2D eigenvalue weighted by molar-refractivity contribution is 5.79. The number of carbonyl (C=O) groups is 1. The molecule has 2 rings (SSSR count). The molecule has 20 heavy (non-hydrogen) atoms. The highest BCUT2D eigenvalue weighted by atomic mass is 16.2. The minimum Gasteiger partial charge on any atom is -0.338 e. The third kappa shape index (κ3) is 3.17. The molecule has 0 aliphatic heterocycles. The van der Waals surface area contributed by atoms with Crippen molar-refractivity contribution in [1.29, 1.82) is 0 Å². The van der Waals surface area contributed by atoms with E-state index in [1.165, 1.54) is 4.90 Å². The number of H-pyrrole nitrogens is 1. The van der Waals surface area contributed by atoms with Crippen LogP contribution in [0.4, 0.5) is 4.79 Å². The lowest BCUT2D eigenvalue weighted by Gasteiger charge is -2.12. The van der Waals surface area contributed by atoms with E-state index in [0.717, 1.165) is 22.9 Å². The Balaban J connectivity index is 2.10. The normalized spacial score (nSPS) is 10.6. The number of aromatic nitrogens is 1. The second-order valence-corrected chi connectivity index (χ2v) is 5.08. The SMILES string of the molecule is Cc1cc2cc(CCNC(=O)N(C)C)ccc2[nH]c1=O. The molecule has 1 aromatic heterocycles. The molecule has 2 amide bonds. The number of rotatable bonds is 3. The molecule has 0 fully saturated rings. The molecule has 5 heteroatoms. The molecule has 0 unspecified atom stereocenters. The summed E-state index contributed by atoms with van der Waals surface area (Å²) in [4.78, 5) is 27.3. The van der Waals surface area contributed by atoms with E-state index in [9.17, 15) is 9.59 Å². The summed E-state index contributed by atoms with van der Waals surface area (Å²) in [5.74, 6) is 0. The van der Waals surface area contributed by atoms with Gasteiger partial charge in [0.1, 0.15) is 0 Å². The van der Waals surface area contributed by atoms with Gasteiger partial charge in [-0.1, -0.05) is 6.07 Å². The third-order valence-corrected chi connectivity index (χ3v) is 3.19. The molecule has 2 aromatic rings. The van der Waals surface area contributed by atoms with Crippen LogP contribution in [-0.4, -0.2) is 36.6 Å². The van der Waals surface area contributed by atoms with Crippen molar-refractivity contribution in [3.63, 3.8) is 0 Å². The van der Waals surface area contributed by atoms with E-state index >= 15 is 0 Å². The Labute approximate surface area is 117 Å². The number of carbonyl (C=O) groups excluding carboxylic acids is 1. The highest BCUT2D eigenvalue weighted by Crippen LogP contribution is 2.13. The Morgan fingerprint density at radius 2 is 2.05 bits per heavy atom. The molecule has 0 aliphatic rings. The second-order valence-electron chi connectivity index (χ2n) is 5.08. The van der Waals surface area contributed by atoms with Crippen molar-refractivity contribution in [2.45, 2.75) is 13.3 Å². The quantitative estimate of drug-likeness (QED) is 0.893. The van der Waals surface area contributed by atoms with Crippen LogP contribution in [0.1, 0.15) is 11.1 Å². The second kappa shape index (κ2) is 5.77. The van der Waals surface area contributed by atoms with Gasteiger partial charge in [0, 0.05) is 31.7 Å². The topological polar surface area (TPSA) is 65.2 Å². The van der Waals surface area contributed by atoms with Gasteiger partial charge in [0.05, 0.1) is 0 Å². The number of benzene rings is 1. The zero-order valence-corrected chi connectivity index (χ0v) is 12.0. The van der Waals surface area contributed by atoms with Crippen LogP contribution in [0.3, 0.4) is 0 Å². The van der Waals surface area contributed by atoms with Crippen molar-refractivity contribution in [2.75, 3.05) is 20.6 Å². The summed E-state index contributed by atoms with van der Waals surface area (Å²) in [6.07, 6.45) is 0.758. The predicted molar refractivity (Wildman–Crippen MR) is 80.1 cm³/mol. The number of aryl methyl sites for hydroxylation is 1. The lowest BCUT2D eigenvalue weighted by molar-refractivity contribution is 0.217. The van der Waals surface area contributed by atoms with Crippen LogP contribution in [0, 0.1) is 6.92 Å². The smallest absolute Gasteiger partial charge is 0.316 e. The Bertz CT molecular complexity index is 689. The summed E-state index contributed by atoms with van der Waals surface area (Å²) < 4.78 is 0. The van der Waals surface area contributed by atoms with Gasteiger partial charge >= 0.3 is 6.03 Å². The Morgan fingerprint density at radius 1 is 1.30 bits per heavy atom. The molecule has 2 N–H and O–H groups in total. The fourth-order valence-electron chi connectivity index (χ4n) is 1.99. The lowest BCUT2D eigenvalue weighted by atomic mass is 10.1. The first-order chi connectivity index (χ1) is 9.47. The van der Waals surface area contributed by atoms with Crippen molar-refractivity contribution < 1.29 is 4.79 Å². The molecule has 1 heterocycles. The van der Waals surface area contributed by atoms with E-state index in [0.29, 0.717) is 12.1 Å². The maximum absolute atomic E-state index is 11.5. The molecule has 106 valence electrons. The summed E-state index contributed by atoms with van der Waals surface area (Å²) in [6.45, 7) is 2.38. The molecule has 0 saturated carbocycles. The first-order valence-corrected chi connectivity index (χ1v) is 6.55. The van der Waals surface area contributed by atoms with Crippen LogP contribution in [0.2, 0.25) is 0 Å². The monoisotopic (exact) mass is 273 g/mol. The summed E-state index contributed by atoms with van der Waals surface area (Å²) in [5, 5.41) is 3.84. The van der Waals surface area contributed by atoms with Gasteiger partial charge in [0.2, 0.25) is 0 Å². The molecule has 0 spiro atoms. The fourth-order valence-corrected chi connectivity index (χ4v) is 1.99. The molecule has 0 atom stereocenters. The molecule has 0 bridgehead atoms. The van der Waals surface area contributed by atoms with Gasteiger partial charge in [-0.05, 0) is 42.5 Å². The molecular formula is C15H19N3O2. The van der Waals surface area contributed by atoms with Crippen molar-refractivity contribution in [3.05, 3.63) is 45.7 Å². The molecule has 0 radical (unpaired) electrons. The molecule has 1 aromatic carbocycles. The number of amides is 2. The van der Waals surface area contributed by atoms with Gasteiger partial charge in [0.25, 0.3) is 5.56 Å². The van der Waals surface area contributed by atoms with Crippen molar-refractivity contribution in [2.24, 2.45) is 0 Å². The van der Waals surface area contributed by atoms with E-state index in [-0.39, 0.29) is 11.6 Å². The van der Waals surface area contributed by atoms with E-state index in [2.05, 4.69) is 10.3 Å². The van der Waals surface area contributed by atoms with Crippen LogP contribution in [0.15, 0.2) is 29.1 Å². The average molecular weight is 273 g/mol. The minimum atomic E-state index is -0.0917. The lowest BCUT2D eigenvalue weighted by Crippen LogP contribution is -2.35. The summed E-state index contributed by atoms with van der Waals surface area (Å²) in [7, 11) is 3.43. The van der Waals surface area contributed by atoms with E-state index in [1.807, 2.05) is 24.3 Å². The molecule has 0 aliphatic carbocycles. The van der Waals surface area contributed by atoms with Gasteiger partial charge in [-0.25, -0.2) is 4.79 Å². The standard InChI is InChI=1S/C15H19N3O2/c1-10-8-12-9-11(4-5-13(12)17-14(10)19)6-7-16-15(20)18(2)3/h4-5,8-9H,6-7H2,1-3H3,(H,16,20)(H,17,19). The number of pyridine rings is 1. The van der Waals surface area contributed by atoms with Gasteiger partial charge in [0.15, 0.2) is 0 Å². The highest BCUT2D eigenvalue weighted by Gasteiger charge is 2.03. The predicted octanol–water partition coefficient (Wildman–Crippen LogP) is 1.65. The first kappa shape index (κ1) is 14.1. The number of aromatic amines is 1. The zero-order chi connectivity index (χ0) is 14.7. The average Bonchev–Trinajstić information content (AvgIpc) is 2.40. The fraction of sp³-hybridized carbons (Fsp3) is 0.333. The first-order valence-electron chi connectivity index (χ1n) is 6.55. The molecular weight excluding hydrogens is 254 g/mol. The van der Waals surface area contributed by atoms with Crippen molar-refractivity contribution in [1.82, 2.24) is 15.2 Å². The number of urea groups is 1. The van der Waals surface area contributed by atoms with Crippen LogP contribution in [-0.2, 0) is 6.42 Å². The van der Waals surface area contributed by atoms with Crippen molar-refractivity contribution in [3.8, 4) is 0 Å². The molecule has 5 nitrogen and oxygen atoms in total. The Hall–Kier alpha value is -2.30. The summed E-state index contributed by atoms with van der Waals surface area (Å²) in [6, 6.07) is 7.70.